The van der Waals surface area contributed by atoms with Gasteiger partial charge in [-0.25, -0.2) is 0 Å². The van der Waals surface area contributed by atoms with Crippen LogP contribution in [-0.4, -0.2) is 22.4 Å². The molecule has 112 valence electrons. The van der Waals surface area contributed by atoms with Gasteiger partial charge in [0.15, 0.2) is 0 Å². The maximum absolute atomic E-state index is 9.63. The highest BCUT2D eigenvalue weighted by Crippen LogP contribution is 2.15. The Bertz CT molecular complexity index is 385. The summed E-state index contributed by atoms with van der Waals surface area (Å²) < 4.78 is 0. The molecule has 1 aromatic carbocycles. The van der Waals surface area contributed by atoms with Gasteiger partial charge in [0.2, 0.25) is 0 Å². The highest BCUT2D eigenvalue weighted by Gasteiger charge is 2.10. The van der Waals surface area contributed by atoms with Crippen LogP contribution in [0.3, 0.4) is 0 Å². The van der Waals surface area contributed by atoms with Crippen molar-refractivity contribution < 1.29 is 10.2 Å². The molecule has 0 bridgehead atoms. The molecule has 0 spiro atoms. The van der Waals surface area contributed by atoms with E-state index < -0.39 is 5.60 Å². The minimum Gasteiger partial charge on any atom is -0.396 e. The molecule has 0 amide bonds. The normalized spacial score (nSPS) is 12.2. The predicted molar refractivity (Wildman–Crippen MR) is 85.6 cm³/mol. The van der Waals surface area contributed by atoms with Gasteiger partial charge in [0.05, 0.1) is 5.60 Å². The number of unbranched alkanes of at least 4 members (excludes halogenated alkanes) is 2. The van der Waals surface area contributed by atoms with Crippen LogP contribution in [0.4, 0.5) is 0 Å². The molecule has 0 radical (unpaired) electrons. The lowest BCUT2D eigenvalue weighted by atomic mass is 9.99. The number of hydrogen-bond donors (Lipinski definition) is 2. The van der Waals surface area contributed by atoms with Gasteiger partial charge < -0.3 is 10.2 Å². The number of aryl methyl sites for hydroxylation is 1. The van der Waals surface area contributed by atoms with Crippen molar-refractivity contribution >= 4 is 6.08 Å². The molecule has 0 aliphatic rings. The largest absolute Gasteiger partial charge is 0.396 e. The summed E-state index contributed by atoms with van der Waals surface area (Å²) in [5.41, 5.74) is 2.03. The van der Waals surface area contributed by atoms with Crippen LogP contribution < -0.4 is 0 Å². The van der Waals surface area contributed by atoms with Gasteiger partial charge in [0, 0.05) is 6.61 Å². The molecular formula is C18H28O2. The zero-order valence-corrected chi connectivity index (χ0v) is 12.8. The van der Waals surface area contributed by atoms with Gasteiger partial charge in [0.1, 0.15) is 0 Å². The molecule has 2 nitrogen and oxygen atoms in total. The zero-order chi connectivity index (χ0) is 14.8. The molecular weight excluding hydrogens is 248 g/mol. The second-order valence-electron chi connectivity index (χ2n) is 6.03. The van der Waals surface area contributed by atoms with Gasteiger partial charge in [-0.15, -0.1) is 0 Å². The van der Waals surface area contributed by atoms with Crippen molar-refractivity contribution in [1.29, 1.82) is 0 Å². The average molecular weight is 276 g/mol. The van der Waals surface area contributed by atoms with Crippen molar-refractivity contribution in [2.45, 2.75) is 58.0 Å². The molecule has 0 saturated carbocycles. The molecule has 0 atom stereocenters. The fraction of sp³-hybridized carbons (Fsp3) is 0.556. The molecule has 1 aromatic rings. The van der Waals surface area contributed by atoms with E-state index in [2.05, 4.69) is 24.3 Å². The van der Waals surface area contributed by atoms with Crippen LogP contribution in [0.1, 0.15) is 57.1 Å². The Balaban J connectivity index is 2.24. The van der Waals surface area contributed by atoms with Crippen LogP contribution in [-0.2, 0) is 6.42 Å². The van der Waals surface area contributed by atoms with Gasteiger partial charge in [-0.2, -0.15) is 0 Å². The van der Waals surface area contributed by atoms with Crippen LogP contribution in [0, 0.1) is 0 Å². The van der Waals surface area contributed by atoms with Crippen LogP contribution in [0.25, 0.3) is 6.08 Å². The molecule has 0 unspecified atom stereocenters. The minimum absolute atomic E-state index is 0.208. The number of aliphatic hydroxyl groups excluding tert-OH is 1. The third kappa shape index (κ3) is 8.13. The van der Waals surface area contributed by atoms with E-state index in [1.165, 1.54) is 24.0 Å². The van der Waals surface area contributed by atoms with E-state index in [1.807, 2.05) is 26.0 Å². The summed E-state index contributed by atoms with van der Waals surface area (Å²) >= 11 is 0. The smallest absolute Gasteiger partial charge is 0.0591 e. The van der Waals surface area contributed by atoms with Crippen molar-refractivity contribution in [2.75, 3.05) is 6.61 Å². The van der Waals surface area contributed by atoms with Gasteiger partial charge in [-0.3, -0.25) is 0 Å². The van der Waals surface area contributed by atoms with E-state index >= 15 is 0 Å². The highest BCUT2D eigenvalue weighted by atomic mass is 16.3. The molecule has 20 heavy (non-hydrogen) atoms. The van der Waals surface area contributed by atoms with E-state index in [0.717, 1.165) is 19.3 Å². The fourth-order valence-corrected chi connectivity index (χ4v) is 2.15. The molecule has 0 aromatic heterocycles. The van der Waals surface area contributed by atoms with E-state index in [1.54, 1.807) is 0 Å². The number of hydrogen-bond acceptors (Lipinski definition) is 2. The average Bonchev–Trinajstić information content (AvgIpc) is 2.39. The fourth-order valence-electron chi connectivity index (χ4n) is 2.15. The Hall–Kier alpha value is -1.12. The van der Waals surface area contributed by atoms with Crippen molar-refractivity contribution in [3.05, 3.63) is 41.5 Å². The summed E-state index contributed by atoms with van der Waals surface area (Å²) in [7, 11) is 0. The second-order valence-corrected chi connectivity index (χ2v) is 6.03. The van der Waals surface area contributed by atoms with Gasteiger partial charge in [0.25, 0.3) is 0 Å². The first-order chi connectivity index (χ1) is 9.51. The Labute approximate surface area is 123 Å². The molecule has 2 heteroatoms. The summed E-state index contributed by atoms with van der Waals surface area (Å²) in [4.78, 5) is 0. The third-order valence-electron chi connectivity index (χ3n) is 3.34. The molecule has 0 fully saturated rings. The van der Waals surface area contributed by atoms with Crippen molar-refractivity contribution in [3.63, 3.8) is 0 Å². The van der Waals surface area contributed by atoms with Crippen LogP contribution in [0.2, 0.25) is 0 Å². The lowest BCUT2D eigenvalue weighted by Crippen LogP contribution is -2.17. The number of benzene rings is 1. The third-order valence-corrected chi connectivity index (χ3v) is 3.34. The van der Waals surface area contributed by atoms with Crippen molar-refractivity contribution in [1.82, 2.24) is 0 Å². The highest BCUT2D eigenvalue weighted by molar-refractivity contribution is 5.49. The number of aliphatic hydroxyl groups is 2. The van der Waals surface area contributed by atoms with Crippen molar-refractivity contribution in [2.24, 2.45) is 0 Å². The van der Waals surface area contributed by atoms with E-state index in [0.29, 0.717) is 6.42 Å². The van der Waals surface area contributed by atoms with E-state index in [4.69, 9.17) is 5.11 Å². The lowest BCUT2D eigenvalue weighted by molar-refractivity contribution is 0.0681. The molecule has 0 aliphatic carbocycles. The molecule has 0 heterocycles. The van der Waals surface area contributed by atoms with E-state index in [-0.39, 0.29) is 6.61 Å². The van der Waals surface area contributed by atoms with Gasteiger partial charge in [-0.05, 0) is 50.7 Å². The first-order valence-corrected chi connectivity index (χ1v) is 7.60. The topological polar surface area (TPSA) is 40.5 Å². The SMILES string of the molecule is CC(C)(O)CCCCCc1ccc(C=CCCO)cc1. The molecule has 2 N–H and O–H groups in total. The number of rotatable bonds is 9. The minimum atomic E-state index is -0.525. The molecule has 1 rings (SSSR count). The van der Waals surface area contributed by atoms with Crippen LogP contribution >= 0.6 is 0 Å². The maximum atomic E-state index is 9.63. The van der Waals surface area contributed by atoms with Gasteiger partial charge in [-0.1, -0.05) is 49.3 Å². The van der Waals surface area contributed by atoms with Gasteiger partial charge >= 0.3 is 0 Å². The zero-order valence-electron chi connectivity index (χ0n) is 12.8. The summed E-state index contributed by atoms with van der Waals surface area (Å²) in [5, 5.41) is 18.3. The maximum Gasteiger partial charge on any atom is 0.0591 e. The first-order valence-electron chi connectivity index (χ1n) is 7.60. The monoisotopic (exact) mass is 276 g/mol. The van der Waals surface area contributed by atoms with Crippen molar-refractivity contribution in [3.8, 4) is 0 Å². The second kappa shape index (κ2) is 8.93. The molecule has 0 saturated heterocycles. The Morgan fingerprint density at radius 1 is 1.05 bits per heavy atom. The Kier molecular flexibility index (Phi) is 7.56. The Morgan fingerprint density at radius 3 is 2.35 bits per heavy atom. The Morgan fingerprint density at radius 2 is 1.75 bits per heavy atom. The molecule has 0 aliphatic heterocycles. The first kappa shape index (κ1) is 16.9. The lowest BCUT2D eigenvalue weighted by Gasteiger charge is -2.16. The van der Waals surface area contributed by atoms with E-state index in [9.17, 15) is 5.11 Å². The summed E-state index contributed by atoms with van der Waals surface area (Å²) in [5.74, 6) is 0. The standard InChI is InChI=1S/C18H28O2/c1-18(2,20)14-6-3-4-8-16-10-12-17(13-11-16)9-5-7-15-19/h5,9-13,19-20H,3-4,6-8,14-15H2,1-2H3. The quantitative estimate of drug-likeness (QED) is 0.670. The van der Waals surface area contributed by atoms with Crippen LogP contribution in [0.15, 0.2) is 30.3 Å². The summed E-state index contributed by atoms with van der Waals surface area (Å²) in [6.07, 6.45) is 10.2. The summed E-state index contributed by atoms with van der Waals surface area (Å²) in [6.45, 7) is 3.95. The van der Waals surface area contributed by atoms with Crippen LogP contribution in [0.5, 0.6) is 0 Å². The summed E-state index contributed by atoms with van der Waals surface area (Å²) in [6, 6.07) is 8.60. The predicted octanol–water partition coefficient (Wildman–Crippen LogP) is 3.96.